The van der Waals surface area contributed by atoms with Gasteiger partial charge in [0.2, 0.25) is 5.69 Å². The fourth-order valence-electron chi connectivity index (χ4n) is 8.25. The van der Waals surface area contributed by atoms with Crippen LogP contribution in [0.25, 0.3) is 0 Å². The van der Waals surface area contributed by atoms with E-state index in [-0.39, 0.29) is 16.6 Å². The summed E-state index contributed by atoms with van der Waals surface area (Å²) in [5.74, 6) is -0.214. The molecule has 3 aliphatic rings. The second kappa shape index (κ2) is 16.0. The Balaban J connectivity index is 1.39. The number of fused-ring (bicyclic) bond motifs is 2. The summed E-state index contributed by atoms with van der Waals surface area (Å²) in [5, 5.41) is 0. The molecule has 1 aliphatic carbocycles. The number of allylic oxidation sites excluding steroid dienone is 7. The molecule has 0 saturated heterocycles. The van der Waals surface area contributed by atoms with Gasteiger partial charge in [-0.2, -0.15) is 13.0 Å². The Morgan fingerprint density at radius 3 is 2.26 bits per heavy atom. The summed E-state index contributed by atoms with van der Waals surface area (Å²) in [7, 11) is -3.98. The number of hydrogen-bond acceptors (Lipinski definition) is 4. The zero-order chi connectivity index (χ0) is 38.0. The van der Waals surface area contributed by atoms with Crippen molar-refractivity contribution < 1.29 is 17.5 Å². The van der Waals surface area contributed by atoms with Crippen LogP contribution in [0.4, 0.5) is 11.4 Å². The van der Waals surface area contributed by atoms with Crippen LogP contribution in [0.15, 0.2) is 118 Å². The van der Waals surface area contributed by atoms with Crippen molar-refractivity contribution in [3.8, 4) is 0 Å². The first-order valence-electron chi connectivity index (χ1n) is 19.4. The van der Waals surface area contributed by atoms with E-state index in [9.17, 15) is 13.0 Å². The minimum absolute atomic E-state index is 0.0920. The average molecular weight is 750 g/mol. The summed E-state index contributed by atoms with van der Waals surface area (Å²) in [5.41, 5.74) is 12.7. The molecule has 0 atom stereocenters. The largest absolute Gasteiger partial charge is 0.344 e. The lowest BCUT2D eigenvalue weighted by Crippen LogP contribution is -2.28. The molecule has 6 rings (SSSR count). The molecule has 0 unspecified atom stereocenters. The van der Waals surface area contributed by atoms with E-state index in [1.807, 2.05) is 11.8 Å². The molecular weight excluding hydrogens is 693 g/mol. The molecule has 1 N–H and O–H groups in total. The van der Waals surface area contributed by atoms with Crippen molar-refractivity contribution >= 4 is 39.0 Å². The molecule has 0 aromatic heterocycles. The number of unbranched alkanes of at least 4 members (excludes halogenated alkanes) is 3. The van der Waals surface area contributed by atoms with E-state index in [4.69, 9.17) is 0 Å². The maximum absolute atomic E-state index is 11.5. The molecule has 0 bridgehead atoms. The molecule has 5 nitrogen and oxygen atoms in total. The number of thioether (sulfide) groups is 1. The van der Waals surface area contributed by atoms with E-state index >= 15 is 0 Å². The van der Waals surface area contributed by atoms with E-state index in [1.54, 1.807) is 0 Å². The van der Waals surface area contributed by atoms with Crippen LogP contribution >= 0.6 is 11.8 Å². The lowest BCUT2D eigenvalue weighted by Gasteiger charge is -2.27. The monoisotopic (exact) mass is 749 g/mol. The van der Waals surface area contributed by atoms with Crippen LogP contribution in [0.2, 0.25) is 0 Å². The molecule has 0 saturated carbocycles. The molecule has 7 heteroatoms. The zero-order valence-corrected chi connectivity index (χ0v) is 34.3. The van der Waals surface area contributed by atoms with Crippen LogP contribution in [0.1, 0.15) is 102 Å². The Labute approximate surface area is 323 Å². The Hall–Kier alpha value is -3.65. The highest BCUT2D eigenvalue weighted by Crippen LogP contribution is 2.49. The second-order valence-electron chi connectivity index (χ2n) is 16.0. The smallest absolute Gasteiger partial charge is 0.264 e. The van der Waals surface area contributed by atoms with Gasteiger partial charge < -0.3 is 4.90 Å². The summed E-state index contributed by atoms with van der Waals surface area (Å²) < 4.78 is 34.9. The lowest BCUT2D eigenvalue weighted by molar-refractivity contribution is -0.438. The van der Waals surface area contributed by atoms with Gasteiger partial charge in [0, 0.05) is 57.3 Å². The quantitative estimate of drug-likeness (QED) is 0.101. The van der Waals surface area contributed by atoms with Gasteiger partial charge in [-0.1, -0.05) is 98.6 Å². The third-order valence-electron chi connectivity index (χ3n) is 11.2. The van der Waals surface area contributed by atoms with Crippen molar-refractivity contribution in [2.75, 3.05) is 23.7 Å². The van der Waals surface area contributed by atoms with Gasteiger partial charge >= 0.3 is 0 Å². The third kappa shape index (κ3) is 8.53. The van der Waals surface area contributed by atoms with Gasteiger partial charge in [-0.3, -0.25) is 4.55 Å². The van der Waals surface area contributed by atoms with E-state index < -0.39 is 10.1 Å². The maximum Gasteiger partial charge on any atom is 0.264 e. The summed E-state index contributed by atoms with van der Waals surface area (Å²) >= 11 is 1.86. The molecular formula is C46H57N2O3S2+. The molecule has 2 aliphatic heterocycles. The van der Waals surface area contributed by atoms with Gasteiger partial charge in [0.25, 0.3) is 10.1 Å². The fourth-order valence-corrected chi connectivity index (χ4v) is 9.95. The fraction of sp³-hybridized carbons (Fsp3) is 0.413. The zero-order valence-electron chi connectivity index (χ0n) is 32.7. The first-order chi connectivity index (χ1) is 25.2. The molecule has 0 fully saturated rings. The van der Waals surface area contributed by atoms with Crippen LogP contribution in [0, 0.1) is 13.8 Å². The topological polar surface area (TPSA) is 60.6 Å². The predicted octanol–water partition coefficient (Wildman–Crippen LogP) is 11.5. The molecule has 2 heterocycles. The molecule has 0 spiro atoms. The van der Waals surface area contributed by atoms with Gasteiger partial charge in [0.05, 0.1) is 11.2 Å². The van der Waals surface area contributed by atoms with Crippen molar-refractivity contribution in [1.29, 1.82) is 0 Å². The second-order valence-corrected chi connectivity index (χ2v) is 18.7. The third-order valence-corrected chi connectivity index (χ3v) is 13.2. The first-order valence-corrected chi connectivity index (χ1v) is 21.8. The van der Waals surface area contributed by atoms with Gasteiger partial charge in [-0.05, 0) is 107 Å². The van der Waals surface area contributed by atoms with Crippen LogP contribution in [0.5, 0.6) is 0 Å². The molecule has 53 heavy (non-hydrogen) atoms. The van der Waals surface area contributed by atoms with Crippen molar-refractivity contribution in [2.45, 2.75) is 109 Å². The summed E-state index contributed by atoms with van der Waals surface area (Å²) in [4.78, 5) is 4.93. The molecule has 0 radical (unpaired) electrons. The highest BCUT2D eigenvalue weighted by molar-refractivity contribution is 8.03. The minimum Gasteiger partial charge on any atom is -0.344 e. The SMILES string of the molecule is CCCCC[N+]1=C(/C=C/C2=C(Sc3ccccc3)C(=C/C=C3/N(CCCCS(=O)(=O)O)c4ccc(C)cc4C3(C)C)/CC2)C(C)(C)c2cc(C)ccc21. The van der Waals surface area contributed by atoms with Gasteiger partial charge in [0.1, 0.15) is 6.54 Å². The average Bonchev–Trinajstić information content (AvgIpc) is 3.65. The van der Waals surface area contributed by atoms with E-state index in [0.29, 0.717) is 19.4 Å². The molecule has 3 aromatic carbocycles. The Morgan fingerprint density at radius 1 is 0.830 bits per heavy atom. The predicted molar refractivity (Wildman–Crippen MR) is 225 cm³/mol. The van der Waals surface area contributed by atoms with E-state index in [1.165, 1.54) is 85.2 Å². The Kier molecular flexibility index (Phi) is 11.8. The number of nitrogens with zero attached hydrogens (tertiary/aromatic N) is 2. The minimum atomic E-state index is -3.98. The summed E-state index contributed by atoms with van der Waals surface area (Å²) in [6.45, 7) is 17.7. The number of hydrogen-bond donors (Lipinski definition) is 1. The lowest BCUT2D eigenvalue weighted by atomic mass is 9.81. The molecule has 3 aromatic rings. The highest BCUT2D eigenvalue weighted by Gasteiger charge is 2.44. The van der Waals surface area contributed by atoms with Crippen molar-refractivity contribution in [3.05, 3.63) is 135 Å². The van der Waals surface area contributed by atoms with Crippen LogP contribution < -0.4 is 4.90 Å². The van der Waals surface area contributed by atoms with Gasteiger partial charge in [-0.15, -0.1) is 0 Å². The van der Waals surface area contributed by atoms with Crippen molar-refractivity contribution in [2.24, 2.45) is 0 Å². The van der Waals surface area contributed by atoms with Crippen LogP contribution in [-0.4, -0.2) is 42.1 Å². The summed E-state index contributed by atoms with van der Waals surface area (Å²) in [6.07, 6.45) is 16.1. The van der Waals surface area contributed by atoms with Gasteiger partial charge in [0.15, 0.2) is 5.71 Å². The summed E-state index contributed by atoms with van der Waals surface area (Å²) in [6, 6.07) is 24.3. The number of anilines is 1. The standard InChI is InChI=1S/C46H56N2O3S2/c1-8-9-13-28-47-40-24-18-33(2)31-38(40)45(4,5)42(47)26-22-35-20-21-36(44(35)52-37-16-11-10-12-17-37)23-27-43-46(6,7)39-32-34(3)19-25-41(39)48(43)29-14-15-30-53(49,50)51/h10-12,16-19,22-27,31-32H,8-9,13-15,20-21,28-30H2,1-7H3/p+1. The van der Waals surface area contributed by atoms with Crippen LogP contribution in [0.3, 0.4) is 0 Å². The molecule has 0 amide bonds. The van der Waals surface area contributed by atoms with Crippen LogP contribution in [-0.2, 0) is 20.9 Å². The Morgan fingerprint density at radius 2 is 1.55 bits per heavy atom. The van der Waals surface area contributed by atoms with Crippen molar-refractivity contribution in [1.82, 2.24) is 0 Å². The highest BCUT2D eigenvalue weighted by atomic mass is 32.2. The maximum atomic E-state index is 11.5. The Bertz CT molecular complexity index is 2120. The number of rotatable bonds is 14. The molecule has 280 valence electrons. The van der Waals surface area contributed by atoms with E-state index in [0.717, 1.165) is 19.4 Å². The van der Waals surface area contributed by atoms with Gasteiger partial charge in [-0.25, -0.2) is 0 Å². The normalized spacial score (nSPS) is 19.4. The number of benzene rings is 3. The number of aryl methyl sites for hydroxylation is 2. The van der Waals surface area contributed by atoms with Crippen molar-refractivity contribution in [3.63, 3.8) is 0 Å². The van der Waals surface area contributed by atoms with E-state index in [2.05, 4.69) is 149 Å². The first kappa shape index (κ1) is 39.1.